The molecule has 0 radical (unpaired) electrons. The number of nitrogens with one attached hydrogen (secondary N) is 1. The highest BCUT2D eigenvalue weighted by Gasteiger charge is 2.14. The van der Waals surface area contributed by atoms with E-state index >= 15 is 0 Å². The molecule has 0 aromatic carbocycles. The molecular formula is C11H18N2. The Morgan fingerprint density at radius 3 is 2.62 bits per heavy atom. The average Bonchev–Trinajstić information content (AvgIpc) is 2.04. The van der Waals surface area contributed by atoms with Gasteiger partial charge in [0.1, 0.15) is 0 Å². The summed E-state index contributed by atoms with van der Waals surface area (Å²) in [4.78, 5) is 4.37. The van der Waals surface area contributed by atoms with Crippen molar-refractivity contribution in [1.29, 1.82) is 0 Å². The zero-order valence-corrected chi connectivity index (χ0v) is 8.89. The molecule has 0 saturated carbocycles. The second-order valence-corrected chi connectivity index (χ2v) is 4.33. The van der Waals surface area contributed by atoms with Crippen molar-refractivity contribution in [3.05, 3.63) is 29.6 Å². The van der Waals surface area contributed by atoms with E-state index in [1.54, 1.807) is 0 Å². The molecule has 1 aromatic heterocycles. The topological polar surface area (TPSA) is 24.9 Å². The van der Waals surface area contributed by atoms with Crippen LogP contribution >= 0.6 is 0 Å². The quantitative estimate of drug-likeness (QED) is 0.750. The fourth-order valence-electron chi connectivity index (χ4n) is 1.20. The maximum absolute atomic E-state index is 4.37. The summed E-state index contributed by atoms with van der Waals surface area (Å²) in [5, 5.41) is 3.13. The predicted octanol–water partition coefficient (Wildman–Crippen LogP) is 2.10. The first-order valence-electron chi connectivity index (χ1n) is 4.64. The van der Waals surface area contributed by atoms with Crippen molar-refractivity contribution in [1.82, 2.24) is 10.3 Å². The molecule has 1 heterocycles. The summed E-state index contributed by atoms with van der Waals surface area (Å²) in [6.07, 6.45) is 1.88. The third-order valence-electron chi connectivity index (χ3n) is 1.97. The van der Waals surface area contributed by atoms with E-state index in [1.165, 1.54) is 5.56 Å². The van der Waals surface area contributed by atoms with Crippen molar-refractivity contribution in [2.75, 3.05) is 7.05 Å². The van der Waals surface area contributed by atoms with Crippen LogP contribution in [-0.4, -0.2) is 12.0 Å². The second-order valence-electron chi connectivity index (χ2n) is 4.33. The predicted molar refractivity (Wildman–Crippen MR) is 55.7 cm³/mol. The summed E-state index contributed by atoms with van der Waals surface area (Å²) in [5.74, 6) is 0. The molecule has 0 aliphatic carbocycles. The van der Waals surface area contributed by atoms with Gasteiger partial charge in [-0.1, -0.05) is 20.8 Å². The Morgan fingerprint density at radius 1 is 1.38 bits per heavy atom. The van der Waals surface area contributed by atoms with Crippen LogP contribution in [0, 0.1) is 0 Å². The number of hydrogen-bond acceptors (Lipinski definition) is 2. The van der Waals surface area contributed by atoms with Crippen LogP contribution in [0.25, 0.3) is 0 Å². The molecule has 0 atom stereocenters. The Bertz CT molecular complexity index is 274. The van der Waals surface area contributed by atoms with Gasteiger partial charge in [0.05, 0.1) is 0 Å². The molecule has 0 amide bonds. The van der Waals surface area contributed by atoms with Gasteiger partial charge in [-0.05, 0) is 24.7 Å². The molecule has 0 fully saturated rings. The fraction of sp³-hybridized carbons (Fsp3) is 0.545. The van der Waals surface area contributed by atoms with E-state index in [9.17, 15) is 0 Å². The van der Waals surface area contributed by atoms with E-state index in [0.717, 1.165) is 12.2 Å². The molecule has 0 spiro atoms. The molecule has 2 nitrogen and oxygen atoms in total. The van der Waals surface area contributed by atoms with Gasteiger partial charge in [0.15, 0.2) is 0 Å². The standard InChI is InChI=1S/C11H18N2/c1-11(2,3)10-7-9(8-12-4)5-6-13-10/h5-7,12H,8H2,1-4H3. The summed E-state index contributed by atoms with van der Waals surface area (Å²) in [6.45, 7) is 7.45. The summed E-state index contributed by atoms with van der Waals surface area (Å²) >= 11 is 0. The third kappa shape index (κ3) is 2.81. The number of aromatic nitrogens is 1. The highest BCUT2D eigenvalue weighted by molar-refractivity contribution is 5.21. The molecule has 2 heteroatoms. The second kappa shape index (κ2) is 3.88. The molecule has 0 aliphatic rings. The van der Waals surface area contributed by atoms with Gasteiger partial charge in [-0.2, -0.15) is 0 Å². The maximum atomic E-state index is 4.37. The lowest BCUT2D eigenvalue weighted by Gasteiger charge is -2.18. The summed E-state index contributed by atoms with van der Waals surface area (Å²) < 4.78 is 0. The zero-order valence-electron chi connectivity index (χ0n) is 8.89. The highest BCUT2D eigenvalue weighted by atomic mass is 14.8. The van der Waals surface area contributed by atoms with Gasteiger partial charge in [0, 0.05) is 23.9 Å². The first-order valence-corrected chi connectivity index (χ1v) is 4.64. The molecule has 72 valence electrons. The smallest absolute Gasteiger partial charge is 0.0460 e. The monoisotopic (exact) mass is 178 g/mol. The number of pyridine rings is 1. The lowest BCUT2D eigenvalue weighted by Crippen LogP contribution is -2.14. The van der Waals surface area contributed by atoms with Gasteiger partial charge >= 0.3 is 0 Å². The molecule has 1 rings (SSSR count). The van der Waals surface area contributed by atoms with Crippen molar-refractivity contribution >= 4 is 0 Å². The molecule has 0 unspecified atom stereocenters. The van der Waals surface area contributed by atoms with Crippen molar-refractivity contribution in [2.45, 2.75) is 32.7 Å². The molecule has 0 saturated heterocycles. The number of hydrogen-bond donors (Lipinski definition) is 1. The van der Waals surface area contributed by atoms with Crippen LogP contribution in [0.3, 0.4) is 0 Å². The summed E-state index contributed by atoms with van der Waals surface area (Å²) in [6, 6.07) is 4.21. The lowest BCUT2D eigenvalue weighted by atomic mass is 9.91. The Morgan fingerprint density at radius 2 is 2.08 bits per heavy atom. The summed E-state index contributed by atoms with van der Waals surface area (Å²) in [7, 11) is 1.96. The van der Waals surface area contributed by atoms with Gasteiger partial charge in [-0.15, -0.1) is 0 Å². The van der Waals surface area contributed by atoms with E-state index in [-0.39, 0.29) is 5.41 Å². The van der Waals surface area contributed by atoms with E-state index in [4.69, 9.17) is 0 Å². The normalized spacial score (nSPS) is 11.7. The van der Waals surface area contributed by atoms with E-state index in [1.807, 2.05) is 19.3 Å². The first kappa shape index (κ1) is 10.2. The van der Waals surface area contributed by atoms with Gasteiger partial charge in [-0.25, -0.2) is 0 Å². The fourth-order valence-corrected chi connectivity index (χ4v) is 1.20. The summed E-state index contributed by atoms with van der Waals surface area (Å²) in [5.41, 5.74) is 2.59. The minimum absolute atomic E-state index is 0.143. The van der Waals surface area contributed by atoms with Gasteiger partial charge < -0.3 is 5.32 Å². The maximum Gasteiger partial charge on any atom is 0.0460 e. The van der Waals surface area contributed by atoms with Crippen LogP contribution in [0.2, 0.25) is 0 Å². The highest BCUT2D eigenvalue weighted by Crippen LogP contribution is 2.20. The van der Waals surface area contributed by atoms with Crippen molar-refractivity contribution < 1.29 is 0 Å². The van der Waals surface area contributed by atoms with Crippen LogP contribution < -0.4 is 5.32 Å². The molecule has 0 aliphatic heterocycles. The Balaban J connectivity index is 2.92. The molecule has 1 aromatic rings. The van der Waals surface area contributed by atoms with Crippen LogP contribution in [-0.2, 0) is 12.0 Å². The van der Waals surface area contributed by atoms with E-state index in [0.29, 0.717) is 0 Å². The van der Waals surface area contributed by atoms with Crippen molar-refractivity contribution in [3.8, 4) is 0 Å². The largest absolute Gasteiger partial charge is 0.316 e. The first-order chi connectivity index (χ1) is 6.04. The van der Waals surface area contributed by atoms with Crippen LogP contribution in [0.1, 0.15) is 32.0 Å². The SMILES string of the molecule is CNCc1ccnc(C(C)(C)C)c1. The van der Waals surface area contributed by atoms with Crippen molar-refractivity contribution in [3.63, 3.8) is 0 Å². The molecule has 1 N–H and O–H groups in total. The van der Waals surface area contributed by atoms with Gasteiger partial charge in [0.25, 0.3) is 0 Å². The van der Waals surface area contributed by atoms with Crippen LogP contribution in [0.4, 0.5) is 0 Å². The average molecular weight is 178 g/mol. The minimum atomic E-state index is 0.143. The Labute approximate surface area is 80.4 Å². The Hall–Kier alpha value is -0.890. The number of nitrogens with zero attached hydrogens (tertiary/aromatic N) is 1. The minimum Gasteiger partial charge on any atom is -0.316 e. The number of rotatable bonds is 2. The third-order valence-corrected chi connectivity index (χ3v) is 1.97. The Kier molecular flexibility index (Phi) is 3.04. The molecular weight excluding hydrogens is 160 g/mol. The van der Waals surface area contributed by atoms with E-state index < -0.39 is 0 Å². The van der Waals surface area contributed by atoms with Crippen molar-refractivity contribution in [2.24, 2.45) is 0 Å². The van der Waals surface area contributed by atoms with Gasteiger partial charge in [0.2, 0.25) is 0 Å². The van der Waals surface area contributed by atoms with Crippen LogP contribution in [0.15, 0.2) is 18.3 Å². The van der Waals surface area contributed by atoms with Gasteiger partial charge in [-0.3, -0.25) is 4.98 Å². The van der Waals surface area contributed by atoms with Crippen LogP contribution in [0.5, 0.6) is 0 Å². The molecule has 0 bridgehead atoms. The zero-order chi connectivity index (χ0) is 9.90. The molecule has 13 heavy (non-hydrogen) atoms. The van der Waals surface area contributed by atoms with E-state index in [2.05, 4.69) is 37.1 Å². The lowest BCUT2D eigenvalue weighted by molar-refractivity contribution is 0.567.